The number of rotatable bonds is 3. The van der Waals surface area contributed by atoms with Crippen molar-refractivity contribution in [1.82, 2.24) is 9.78 Å². The fraction of sp³-hybridized carbons (Fsp3) is 0.429. The molecule has 15 heavy (non-hydrogen) atoms. The number of aryl methyl sites for hydroxylation is 1. The van der Waals surface area contributed by atoms with Crippen molar-refractivity contribution in [3.05, 3.63) is 18.0 Å². The average molecular weight is 222 g/mol. The zero-order valence-corrected chi connectivity index (χ0v) is 7.57. The first-order chi connectivity index (χ1) is 6.93. The van der Waals surface area contributed by atoms with Gasteiger partial charge in [-0.15, -0.1) is 0 Å². The second kappa shape index (κ2) is 4.20. The SMILES string of the molecule is NC(CCn1cc(C(F)(F)F)cn1)=NO. The molecule has 1 rings (SSSR count). The van der Waals surface area contributed by atoms with Gasteiger partial charge in [-0.2, -0.15) is 18.3 Å². The number of aromatic nitrogens is 2. The van der Waals surface area contributed by atoms with Crippen LogP contribution in [0, 0.1) is 0 Å². The highest BCUT2D eigenvalue weighted by atomic mass is 19.4. The van der Waals surface area contributed by atoms with Crippen molar-refractivity contribution < 1.29 is 18.4 Å². The molecule has 0 spiro atoms. The minimum Gasteiger partial charge on any atom is -0.409 e. The molecule has 0 radical (unpaired) electrons. The first kappa shape index (κ1) is 11.3. The van der Waals surface area contributed by atoms with Crippen LogP contribution in [0.4, 0.5) is 13.2 Å². The van der Waals surface area contributed by atoms with Crippen molar-refractivity contribution in [1.29, 1.82) is 0 Å². The Bertz CT molecular complexity index is 357. The molecule has 0 aromatic carbocycles. The van der Waals surface area contributed by atoms with Gasteiger partial charge in [-0.1, -0.05) is 5.16 Å². The smallest absolute Gasteiger partial charge is 0.409 e. The first-order valence-corrected chi connectivity index (χ1v) is 3.99. The van der Waals surface area contributed by atoms with E-state index < -0.39 is 11.7 Å². The molecule has 1 aromatic heterocycles. The summed E-state index contributed by atoms with van der Waals surface area (Å²) in [6.45, 7) is 0.131. The number of hydrogen-bond donors (Lipinski definition) is 2. The van der Waals surface area contributed by atoms with Gasteiger partial charge in [-0.05, 0) is 0 Å². The highest BCUT2D eigenvalue weighted by Crippen LogP contribution is 2.28. The summed E-state index contributed by atoms with van der Waals surface area (Å²) < 4.78 is 37.5. The van der Waals surface area contributed by atoms with E-state index in [-0.39, 0.29) is 18.8 Å². The second-order valence-corrected chi connectivity index (χ2v) is 2.83. The van der Waals surface area contributed by atoms with Crippen LogP contribution in [0.5, 0.6) is 0 Å². The Morgan fingerprint density at radius 2 is 2.27 bits per heavy atom. The second-order valence-electron chi connectivity index (χ2n) is 2.83. The fourth-order valence-electron chi connectivity index (χ4n) is 0.911. The lowest BCUT2D eigenvalue weighted by Gasteiger charge is -2.01. The third-order valence-electron chi connectivity index (χ3n) is 1.69. The van der Waals surface area contributed by atoms with Gasteiger partial charge < -0.3 is 10.9 Å². The van der Waals surface area contributed by atoms with Crippen LogP contribution >= 0.6 is 0 Å². The molecule has 0 unspecified atom stereocenters. The molecule has 0 amide bonds. The summed E-state index contributed by atoms with van der Waals surface area (Å²) >= 11 is 0. The lowest BCUT2D eigenvalue weighted by atomic mass is 10.3. The fourth-order valence-corrected chi connectivity index (χ4v) is 0.911. The van der Waals surface area contributed by atoms with Crippen LogP contribution in [0.3, 0.4) is 0 Å². The van der Waals surface area contributed by atoms with Gasteiger partial charge in [-0.25, -0.2) is 0 Å². The van der Waals surface area contributed by atoms with Gasteiger partial charge >= 0.3 is 6.18 Å². The van der Waals surface area contributed by atoms with Crippen molar-refractivity contribution in [2.75, 3.05) is 0 Å². The molecule has 0 bridgehead atoms. The van der Waals surface area contributed by atoms with E-state index in [9.17, 15) is 13.2 Å². The number of hydrogen-bond acceptors (Lipinski definition) is 3. The molecule has 3 N–H and O–H groups in total. The normalized spacial score (nSPS) is 13.1. The maximum Gasteiger partial charge on any atom is 0.419 e. The van der Waals surface area contributed by atoms with Gasteiger partial charge in [0.05, 0.1) is 11.8 Å². The van der Waals surface area contributed by atoms with Crippen LogP contribution in [-0.4, -0.2) is 20.8 Å². The summed E-state index contributed by atoms with van der Waals surface area (Å²) in [5.41, 5.74) is 4.33. The number of nitrogens with two attached hydrogens (primary N) is 1. The van der Waals surface area contributed by atoms with Crippen molar-refractivity contribution >= 4 is 5.84 Å². The van der Waals surface area contributed by atoms with Gasteiger partial charge in [-0.3, -0.25) is 4.68 Å². The molecule has 0 fully saturated rings. The highest BCUT2D eigenvalue weighted by Gasteiger charge is 2.32. The summed E-state index contributed by atoms with van der Waals surface area (Å²) in [4.78, 5) is 0. The highest BCUT2D eigenvalue weighted by molar-refractivity contribution is 5.79. The van der Waals surface area contributed by atoms with E-state index in [1.165, 1.54) is 0 Å². The Labute approximate surface area is 83.0 Å². The molecular formula is C7H9F3N4O. The molecule has 0 atom stereocenters. The van der Waals surface area contributed by atoms with E-state index in [2.05, 4.69) is 10.3 Å². The minimum absolute atomic E-state index is 0.0564. The minimum atomic E-state index is -4.39. The maximum absolute atomic E-state index is 12.1. The number of halogens is 3. The summed E-state index contributed by atoms with van der Waals surface area (Å²) in [7, 11) is 0. The maximum atomic E-state index is 12.1. The topological polar surface area (TPSA) is 76.4 Å². The van der Waals surface area contributed by atoms with Crippen LogP contribution in [0.25, 0.3) is 0 Å². The molecule has 0 aliphatic rings. The van der Waals surface area contributed by atoms with Crippen molar-refractivity contribution in [3.63, 3.8) is 0 Å². The first-order valence-electron chi connectivity index (χ1n) is 3.99. The van der Waals surface area contributed by atoms with Gasteiger partial charge in [0.1, 0.15) is 5.84 Å². The summed E-state index contributed by atoms with van der Waals surface area (Å²) in [6.07, 6.45) is -2.67. The van der Waals surface area contributed by atoms with E-state index in [0.717, 1.165) is 17.1 Å². The van der Waals surface area contributed by atoms with Crippen LogP contribution in [0.2, 0.25) is 0 Å². The molecule has 8 heteroatoms. The Morgan fingerprint density at radius 1 is 1.60 bits per heavy atom. The number of alkyl halides is 3. The molecule has 0 saturated carbocycles. The van der Waals surface area contributed by atoms with E-state index in [1.807, 2.05) is 0 Å². The van der Waals surface area contributed by atoms with Crippen LogP contribution in [-0.2, 0) is 12.7 Å². The van der Waals surface area contributed by atoms with Crippen LogP contribution in [0.15, 0.2) is 17.5 Å². The Morgan fingerprint density at radius 3 is 2.73 bits per heavy atom. The summed E-state index contributed by atoms with van der Waals surface area (Å²) in [5, 5.41) is 14.4. The average Bonchev–Trinajstić information content (AvgIpc) is 2.61. The Kier molecular flexibility index (Phi) is 3.17. The van der Waals surface area contributed by atoms with Crippen LogP contribution < -0.4 is 5.73 Å². The van der Waals surface area contributed by atoms with E-state index >= 15 is 0 Å². The predicted octanol–water partition coefficient (Wildman–Crippen LogP) is 1.04. The van der Waals surface area contributed by atoms with Gasteiger partial charge in [0.25, 0.3) is 0 Å². The molecule has 1 heterocycles. The molecule has 84 valence electrons. The third kappa shape index (κ3) is 3.15. The van der Waals surface area contributed by atoms with Crippen LogP contribution in [0.1, 0.15) is 12.0 Å². The monoisotopic (exact) mass is 222 g/mol. The number of oxime groups is 1. The number of amidine groups is 1. The molecule has 5 nitrogen and oxygen atoms in total. The zero-order valence-electron chi connectivity index (χ0n) is 7.57. The predicted molar refractivity (Wildman–Crippen MR) is 45.3 cm³/mol. The largest absolute Gasteiger partial charge is 0.419 e. The van der Waals surface area contributed by atoms with Crippen molar-refractivity contribution in [3.8, 4) is 0 Å². The van der Waals surface area contributed by atoms with Gasteiger partial charge in [0, 0.05) is 19.2 Å². The summed E-state index contributed by atoms with van der Waals surface area (Å²) in [5.74, 6) is -0.0564. The van der Waals surface area contributed by atoms with Gasteiger partial charge in [0.15, 0.2) is 0 Å². The van der Waals surface area contributed by atoms with Crippen molar-refractivity contribution in [2.45, 2.75) is 19.1 Å². The lowest BCUT2D eigenvalue weighted by Crippen LogP contribution is -2.15. The standard InChI is InChI=1S/C7H9F3N4O/c8-7(9,10)5-3-12-14(4-5)2-1-6(11)13-15/h3-4,15H,1-2H2,(H2,11,13). The molecule has 0 saturated heterocycles. The van der Waals surface area contributed by atoms with E-state index in [1.54, 1.807) is 0 Å². The van der Waals surface area contributed by atoms with E-state index in [0.29, 0.717) is 0 Å². The molecule has 0 aliphatic heterocycles. The summed E-state index contributed by atoms with van der Waals surface area (Å²) in [6, 6.07) is 0. The Balaban J connectivity index is 2.62. The zero-order chi connectivity index (χ0) is 11.5. The molecular weight excluding hydrogens is 213 g/mol. The van der Waals surface area contributed by atoms with Crippen molar-refractivity contribution in [2.24, 2.45) is 10.9 Å². The Hall–Kier alpha value is -1.73. The van der Waals surface area contributed by atoms with Gasteiger partial charge in [0.2, 0.25) is 0 Å². The quantitative estimate of drug-likeness (QED) is 0.347. The van der Waals surface area contributed by atoms with E-state index in [4.69, 9.17) is 10.9 Å². The molecule has 0 aliphatic carbocycles. The molecule has 1 aromatic rings. The lowest BCUT2D eigenvalue weighted by molar-refractivity contribution is -0.137. The third-order valence-corrected chi connectivity index (χ3v) is 1.69. The number of nitrogens with zero attached hydrogens (tertiary/aromatic N) is 3.